The predicted octanol–water partition coefficient (Wildman–Crippen LogP) is 2.47. The Morgan fingerprint density at radius 2 is 2.15 bits per heavy atom. The van der Waals surface area contributed by atoms with Crippen molar-refractivity contribution >= 4 is 17.7 Å². The van der Waals surface area contributed by atoms with Gasteiger partial charge in [-0.15, -0.1) is 0 Å². The number of benzene rings is 1. The lowest BCUT2D eigenvalue weighted by molar-refractivity contribution is -0.137. The topological polar surface area (TPSA) is 60.9 Å². The van der Waals surface area contributed by atoms with Crippen LogP contribution in [0, 0.1) is 0 Å². The molecular weight excluding hydrogens is 291 g/mol. The van der Waals surface area contributed by atoms with Crippen LogP contribution in [0.1, 0.15) is 5.56 Å². The van der Waals surface area contributed by atoms with Crippen molar-refractivity contribution in [2.45, 2.75) is 11.3 Å². The fraction of sp³-hybridized carbons (Fsp3) is 0.167. The van der Waals surface area contributed by atoms with Crippen LogP contribution in [0.15, 0.2) is 41.8 Å². The van der Waals surface area contributed by atoms with E-state index in [-0.39, 0.29) is 5.75 Å². The first-order valence-electron chi connectivity index (χ1n) is 5.50. The summed E-state index contributed by atoms with van der Waals surface area (Å²) in [4.78, 5) is 14.7. The second-order valence-electron chi connectivity index (χ2n) is 3.88. The Hall–Kier alpha value is -1.96. The van der Waals surface area contributed by atoms with Crippen molar-refractivity contribution in [2.75, 3.05) is 5.75 Å². The van der Waals surface area contributed by atoms with Gasteiger partial charge in [0, 0.05) is 18.1 Å². The number of hydrogen-bond acceptors (Lipinski definition) is 3. The molecule has 2 N–H and O–H groups in total. The third-order valence-corrected chi connectivity index (χ3v) is 3.39. The van der Waals surface area contributed by atoms with Crippen LogP contribution in [-0.4, -0.2) is 21.2 Å². The number of carbonyl (C=O) groups is 1. The second-order valence-corrected chi connectivity index (χ2v) is 4.83. The zero-order chi connectivity index (χ0) is 14.8. The van der Waals surface area contributed by atoms with E-state index in [1.54, 1.807) is 0 Å². The maximum absolute atomic E-state index is 12.7. The summed E-state index contributed by atoms with van der Waals surface area (Å²) < 4.78 is 39.5. The summed E-state index contributed by atoms with van der Waals surface area (Å²) in [6, 6.07) is 4.87. The van der Waals surface area contributed by atoms with Crippen LogP contribution in [0.5, 0.6) is 0 Å². The molecule has 0 spiro atoms. The number of halogens is 3. The highest BCUT2D eigenvalue weighted by Gasteiger charge is 2.30. The summed E-state index contributed by atoms with van der Waals surface area (Å²) in [6.07, 6.45) is -1.43. The minimum atomic E-state index is -4.41. The van der Waals surface area contributed by atoms with E-state index in [0.717, 1.165) is 23.9 Å². The number of imidazole rings is 1. The third kappa shape index (κ3) is 3.32. The zero-order valence-corrected chi connectivity index (χ0v) is 10.9. The lowest BCUT2D eigenvalue weighted by atomic mass is 10.2. The number of nitrogens with zero attached hydrogens (tertiary/aromatic N) is 2. The summed E-state index contributed by atoms with van der Waals surface area (Å²) in [5.74, 6) is -0.510. The molecule has 1 aromatic heterocycles. The molecule has 1 aromatic carbocycles. The molecule has 2 rings (SSSR count). The van der Waals surface area contributed by atoms with Gasteiger partial charge in [0.2, 0.25) is 5.91 Å². The Bertz CT molecular complexity index is 624. The summed E-state index contributed by atoms with van der Waals surface area (Å²) in [6.45, 7) is 0. The molecule has 8 heteroatoms. The summed E-state index contributed by atoms with van der Waals surface area (Å²) in [7, 11) is 0. The molecular formula is C12H10F3N3OS. The summed E-state index contributed by atoms with van der Waals surface area (Å²) >= 11 is 1.07. The summed E-state index contributed by atoms with van der Waals surface area (Å²) in [5, 5.41) is 0.406. The molecule has 0 aliphatic rings. The maximum atomic E-state index is 12.7. The Balaban J connectivity index is 2.33. The van der Waals surface area contributed by atoms with E-state index in [4.69, 9.17) is 5.73 Å². The van der Waals surface area contributed by atoms with Crippen molar-refractivity contribution in [3.63, 3.8) is 0 Å². The number of primary amides is 1. The van der Waals surface area contributed by atoms with Gasteiger partial charge in [-0.3, -0.25) is 9.36 Å². The number of carbonyl (C=O) groups excluding carboxylic acids is 1. The maximum Gasteiger partial charge on any atom is 0.416 e. The van der Waals surface area contributed by atoms with Gasteiger partial charge in [-0.1, -0.05) is 17.8 Å². The highest BCUT2D eigenvalue weighted by molar-refractivity contribution is 7.99. The highest BCUT2D eigenvalue weighted by Crippen LogP contribution is 2.31. The molecule has 4 nitrogen and oxygen atoms in total. The van der Waals surface area contributed by atoms with Crippen LogP contribution in [0.3, 0.4) is 0 Å². The minimum absolute atomic E-state index is 0.00990. The molecule has 1 amide bonds. The Morgan fingerprint density at radius 3 is 2.80 bits per heavy atom. The van der Waals surface area contributed by atoms with Gasteiger partial charge >= 0.3 is 6.18 Å². The summed E-state index contributed by atoms with van der Waals surface area (Å²) in [5.41, 5.74) is 4.62. The number of hydrogen-bond donors (Lipinski definition) is 1. The Kier molecular flexibility index (Phi) is 4.03. The van der Waals surface area contributed by atoms with Gasteiger partial charge < -0.3 is 5.73 Å². The first-order valence-corrected chi connectivity index (χ1v) is 6.48. The minimum Gasteiger partial charge on any atom is -0.369 e. The fourth-order valence-corrected chi connectivity index (χ4v) is 2.27. The molecule has 0 unspecified atom stereocenters. The SMILES string of the molecule is NC(=O)CSc1nccn1-c1cccc(C(F)(F)F)c1. The van der Waals surface area contributed by atoms with Gasteiger partial charge in [0.05, 0.1) is 11.3 Å². The quantitative estimate of drug-likeness (QED) is 0.883. The van der Waals surface area contributed by atoms with Crippen LogP contribution in [0.25, 0.3) is 5.69 Å². The first kappa shape index (κ1) is 14.4. The molecule has 0 bridgehead atoms. The van der Waals surface area contributed by atoms with Crippen LogP contribution in [0.4, 0.5) is 13.2 Å². The van der Waals surface area contributed by atoms with Gasteiger partial charge in [0.1, 0.15) is 0 Å². The Labute approximate surface area is 116 Å². The van der Waals surface area contributed by atoms with Crippen LogP contribution >= 0.6 is 11.8 Å². The van der Waals surface area contributed by atoms with E-state index in [9.17, 15) is 18.0 Å². The van der Waals surface area contributed by atoms with E-state index >= 15 is 0 Å². The average molecular weight is 301 g/mol. The molecule has 0 aliphatic carbocycles. The fourth-order valence-electron chi connectivity index (χ4n) is 1.56. The van der Waals surface area contributed by atoms with Crippen LogP contribution < -0.4 is 5.73 Å². The van der Waals surface area contributed by atoms with Gasteiger partial charge in [0.25, 0.3) is 0 Å². The second kappa shape index (κ2) is 5.58. The average Bonchev–Trinajstić information content (AvgIpc) is 2.83. The van der Waals surface area contributed by atoms with Gasteiger partial charge in [-0.25, -0.2) is 4.98 Å². The number of nitrogens with two attached hydrogens (primary N) is 1. The van der Waals surface area contributed by atoms with Crippen molar-refractivity contribution in [1.82, 2.24) is 9.55 Å². The third-order valence-electron chi connectivity index (χ3n) is 2.40. The number of rotatable bonds is 4. The largest absolute Gasteiger partial charge is 0.416 e. The first-order chi connectivity index (χ1) is 9.38. The van der Waals surface area contributed by atoms with Crippen molar-refractivity contribution < 1.29 is 18.0 Å². The van der Waals surface area contributed by atoms with E-state index in [1.165, 1.54) is 29.1 Å². The zero-order valence-electron chi connectivity index (χ0n) is 10.1. The molecule has 2 aromatic rings. The smallest absolute Gasteiger partial charge is 0.369 e. The van der Waals surface area contributed by atoms with E-state index in [0.29, 0.717) is 10.8 Å². The van der Waals surface area contributed by atoms with E-state index < -0.39 is 17.6 Å². The van der Waals surface area contributed by atoms with E-state index in [2.05, 4.69) is 4.98 Å². The van der Waals surface area contributed by atoms with Crippen molar-refractivity contribution in [1.29, 1.82) is 0 Å². The number of thioether (sulfide) groups is 1. The molecule has 0 atom stereocenters. The molecule has 1 heterocycles. The molecule has 106 valence electrons. The predicted molar refractivity (Wildman–Crippen MR) is 68.5 cm³/mol. The molecule has 0 aliphatic heterocycles. The molecule has 0 saturated carbocycles. The van der Waals surface area contributed by atoms with Crippen LogP contribution in [0.2, 0.25) is 0 Å². The highest BCUT2D eigenvalue weighted by atomic mass is 32.2. The lowest BCUT2D eigenvalue weighted by Crippen LogP contribution is -2.13. The number of aromatic nitrogens is 2. The number of amides is 1. The number of alkyl halides is 3. The molecule has 0 saturated heterocycles. The molecule has 0 fully saturated rings. The van der Waals surface area contributed by atoms with Gasteiger partial charge in [-0.2, -0.15) is 13.2 Å². The van der Waals surface area contributed by atoms with Crippen molar-refractivity contribution in [3.8, 4) is 5.69 Å². The molecule has 0 radical (unpaired) electrons. The van der Waals surface area contributed by atoms with Gasteiger partial charge in [-0.05, 0) is 18.2 Å². The standard InChI is InChI=1S/C12H10F3N3OS/c13-12(14,15)8-2-1-3-9(6-8)18-5-4-17-11(18)20-7-10(16)19/h1-6H,7H2,(H2,16,19). The molecule has 20 heavy (non-hydrogen) atoms. The monoisotopic (exact) mass is 301 g/mol. The van der Waals surface area contributed by atoms with Gasteiger partial charge in [0.15, 0.2) is 5.16 Å². The normalized spacial score (nSPS) is 11.6. The van der Waals surface area contributed by atoms with E-state index in [1.807, 2.05) is 0 Å². The van der Waals surface area contributed by atoms with Crippen molar-refractivity contribution in [2.24, 2.45) is 5.73 Å². The van der Waals surface area contributed by atoms with Crippen LogP contribution in [-0.2, 0) is 11.0 Å². The lowest BCUT2D eigenvalue weighted by Gasteiger charge is -2.11. The van der Waals surface area contributed by atoms with Crippen molar-refractivity contribution in [3.05, 3.63) is 42.2 Å². The Morgan fingerprint density at radius 1 is 1.40 bits per heavy atom.